The maximum Gasteiger partial charge on any atom is 0.255 e. The highest BCUT2D eigenvalue weighted by molar-refractivity contribution is 5.95. The summed E-state index contributed by atoms with van der Waals surface area (Å²) >= 11 is 0. The molecule has 0 atom stereocenters. The Morgan fingerprint density at radius 2 is 1.12 bits per heavy atom. The quantitative estimate of drug-likeness (QED) is 0.816. The lowest BCUT2D eigenvalue weighted by Crippen LogP contribution is -2.50. The number of hydrogen-bond donors (Lipinski definition) is 2. The van der Waals surface area contributed by atoms with Crippen LogP contribution in [0.4, 0.5) is 11.6 Å². The maximum absolute atomic E-state index is 12.4. The molecule has 24 heavy (non-hydrogen) atoms. The molecule has 124 valence electrons. The van der Waals surface area contributed by atoms with Crippen LogP contribution in [0.3, 0.4) is 0 Å². The van der Waals surface area contributed by atoms with Crippen molar-refractivity contribution in [2.24, 2.45) is 0 Å². The summed E-state index contributed by atoms with van der Waals surface area (Å²) in [4.78, 5) is 36.1. The highest BCUT2D eigenvalue weighted by Crippen LogP contribution is 2.12. The first kappa shape index (κ1) is 15.7. The lowest BCUT2D eigenvalue weighted by atomic mass is 10.2. The van der Waals surface area contributed by atoms with Crippen LogP contribution in [0, 0.1) is 0 Å². The first-order valence-electron chi connectivity index (χ1n) is 7.56. The maximum atomic E-state index is 12.4. The van der Waals surface area contributed by atoms with Gasteiger partial charge in [-0.05, 0) is 24.3 Å². The van der Waals surface area contributed by atoms with Gasteiger partial charge in [0.2, 0.25) is 0 Å². The first-order chi connectivity index (χ1) is 11.5. The molecule has 2 aromatic heterocycles. The zero-order valence-electron chi connectivity index (χ0n) is 13.1. The molecule has 0 aromatic carbocycles. The van der Waals surface area contributed by atoms with E-state index in [0.29, 0.717) is 48.9 Å². The highest BCUT2D eigenvalue weighted by atomic mass is 16.2. The molecular formula is C16H18N6O2. The smallest absolute Gasteiger partial charge is 0.255 e. The molecule has 0 spiro atoms. The van der Waals surface area contributed by atoms with Crippen molar-refractivity contribution in [2.45, 2.75) is 0 Å². The van der Waals surface area contributed by atoms with E-state index < -0.39 is 0 Å². The van der Waals surface area contributed by atoms with Crippen molar-refractivity contribution >= 4 is 23.5 Å². The Morgan fingerprint density at radius 1 is 0.750 bits per heavy atom. The molecule has 2 aromatic rings. The molecule has 1 aliphatic heterocycles. The van der Waals surface area contributed by atoms with E-state index in [2.05, 4.69) is 9.97 Å². The van der Waals surface area contributed by atoms with Crippen LogP contribution < -0.4 is 11.5 Å². The molecule has 2 amide bonds. The molecule has 1 aliphatic rings. The molecule has 0 aliphatic carbocycles. The standard InChI is InChI=1S/C16H18N6O2/c17-13-3-1-11(9-19-13)15(23)21-5-7-22(8-6-21)16(24)12-2-4-14(18)20-10-12/h1-4,9-10H,5-8H2,(H2,17,19)(H2,18,20). The third-order valence-corrected chi connectivity index (χ3v) is 3.92. The fourth-order valence-electron chi connectivity index (χ4n) is 2.54. The minimum atomic E-state index is -0.108. The molecule has 3 heterocycles. The van der Waals surface area contributed by atoms with Crippen molar-refractivity contribution in [3.8, 4) is 0 Å². The number of nitrogens with two attached hydrogens (primary N) is 2. The summed E-state index contributed by atoms with van der Waals surface area (Å²) in [7, 11) is 0. The summed E-state index contributed by atoms with van der Waals surface area (Å²) < 4.78 is 0. The minimum absolute atomic E-state index is 0.108. The molecule has 4 N–H and O–H groups in total. The van der Waals surface area contributed by atoms with Crippen molar-refractivity contribution in [1.82, 2.24) is 19.8 Å². The van der Waals surface area contributed by atoms with Gasteiger partial charge in [-0.25, -0.2) is 9.97 Å². The second kappa shape index (κ2) is 6.53. The molecular weight excluding hydrogens is 308 g/mol. The van der Waals surface area contributed by atoms with Gasteiger partial charge in [-0.3, -0.25) is 9.59 Å². The average molecular weight is 326 g/mol. The molecule has 0 bridgehead atoms. The Morgan fingerprint density at radius 3 is 1.42 bits per heavy atom. The number of carbonyl (C=O) groups excluding carboxylic acids is 2. The van der Waals surface area contributed by atoms with E-state index in [9.17, 15) is 9.59 Å². The van der Waals surface area contributed by atoms with Crippen LogP contribution in [-0.2, 0) is 0 Å². The van der Waals surface area contributed by atoms with E-state index in [1.54, 1.807) is 34.1 Å². The molecule has 1 fully saturated rings. The predicted octanol–water partition coefficient (Wildman–Crippen LogP) is 0.239. The molecule has 0 radical (unpaired) electrons. The van der Waals surface area contributed by atoms with E-state index in [4.69, 9.17) is 11.5 Å². The third kappa shape index (κ3) is 3.27. The lowest BCUT2D eigenvalue weighted by Gasteiger charge is -2.34. The summed E-state index contributed by atoms with van der Waals surface area (Å²) in [6, 6.07) is 6.51. The second-order valence-corrected chi connectivity index (χ2v) is 5.53. The Bertz CT molecular complexity index is 671. The van der Waals surface area contributed by atoms with E-state index >= 15 is 0 Å². The van der Waals surface area contributed by atoms with Gasteiger partial charge in [-0.1, -0.05) is 0 Å². The number of aromatic nitrogens is 2. The van der Waals surface area contributed by atoms with Crippen LogP contribution in [0.2, 0.25) is 0 Å². The summed E-state index contributed by atoms with van der Waals surface area (Å²) in [5.41, 5.74) is 12.0. The molecule has 8 heteroatoms. The number of nitrogens with zero attached hydrogens (tertiary/aromatic N) is 4. The number of carbonyl (C=O) groups is 2. The number of piperazine rings is 1. The minimum Gasteiger partial charge on any atom is -0.384 e. The van der Waals surface area contributed by atoms with Crippen molar-refractivity contribution in [3.63, 3.8) is 0 Å². The lowest BCUT2D eigenvalue weighted by molar-refractivity contribution is 0.0535. The van der Waals surface area contributed by atoms with Crippen LogP contribution in [0.5, 0.6) is 0 Å². The SMILES string of the molecule is Nc1ccc(C(=O)N2CCN(C(=O)c3ccc(N)nc3)CC2)cn1. The van der Waals surface area contributed by atoms with Crippen LogP contribution in [-0.4, -0.2) is 57.8 Å². The number of anilines is 2. The van der Waals surface area contributed by atoms with Gasteiger partial charge in [0.15, 0.2) is 0 Å². The van der Waals surface area contributed by atoms with Crippen molar-refractivity contribution in [1.29, 1.82) is 0 Å². The van der Waals surface area contributed by atoms with Crippen molar-refractivity contribution in [2.75, 3.05) is 37.6 Å². The largest absolute Gasteiger partial charge is 0.384 e. The van der Waals surface area contributed by atoms with Crippen LogP contribution in [0.25, 0.3) is 0 Å². The average Bonchev–Trinajstić information content (AvgIpc) is 2.62. The van der Waals surface area contributed by atoms with Gasteiger partial charge in [0.05, 0.1) is 11.1 Å². The molecule has 3 rings (SSSR count). The molecule has 0 unspecified atom stereocenters. The Labute approximate surface area is 139 Å². The van der Waals surface area contributed by atoms with Gasteiger partial charge in [0.25, 0.3) is 11.8 Å². The van der Waals surface area contributed by atoms with Gasteiger partial charge in [-0.2, -0.15) is 0 Å². The third-order valence-electron chi connectivity index (χ3n) is 3.92. The summed E-state index contributed by atoms with van der Waals surface area (Å²) in [5.74, 6) is 0.533. The topological polar surface area (TPSA) is 118 Å². The van der Waals surface area contributed by atoms with Gasteiger partial charge >= 0.3 is 0 Å². The number of amides is 2. The number of rotatable bonds is 2. The predicted molar refractivity (Wildman–Crippen MR) is 89.1 cm³/mol. The number of hydrogen-bond acceptors (Lipinski definition) is 6. The van der Waals surface area contributed by atoms with Gasteiger partial charge < -0.3 is 21.3 Å². The summed E-state index contributed by atoms with van der Waals surface area (Å²) in [6.45, 7) is 1.88. The fourth-order valence-corrected chi connectivity index (χ4v) is 2.54. The van der Waals surface area contributed by atoms with E-state index in [1.807, 2.05) is 0 Å². The van der Waals surface area contributed by atoms with Gasteiger partial charge in [0.1, 0.15) is 11.6 Å². The molecule has 8 nitrogen and oxygen atoms in total. The highest BCUT2D eigenvalue weighted by Gasteiger charge is 2.25. The Kier molecular flexibility index (Phi) is 4.28. The van der Waals surface area contributed by atoms with Gasteiger partial charge in [-0.15, -0.1) is 0 Å². The fraction of sp³-hybridized carbons (Fsp3) is 0.250. The van der Waals surface area contributed by atoms with Crippen LogP contribution in [0.15, 0.2) is 36.7 Å². The Hall–Kier alpha value is -3.16. The van der Waals surface area contributed by atoms with Gasteiger partial charge in [0, 0.05) is 38.6 Å². The molecule has 1 saturated heterocycles. The normalized spacial score (nSPS) is 14.5. The summed E-state index contributed by atoms with van der Waals surface area (Å²) in [6.07, 6.45) is 2.93. The van der Waals surface area contributed by atoms with E-state index in [-0.39, 0.29) is 11.8 Å². The number of nitrogen functional groups attached to an aromatic ring is 2. The van der Waals surface area contributed by atoms with Crippen LogP contribution >= 0.6 is 0 Å². The molecule has 0 saturated carbocycles. The Balaban J connectivity index is 1.61. The summed E-state index contributed by atoms with van der Waals surface area (Å²) in [5, 5.41) is 0. The van der Waals surface area contributed by atoms with E-state index in [0.717, 1.165) is 0 Å². The van der Waals surface area contributed by atoms with Crippen molar-refractivity contribution < 1.29 is 9.59 Å². The zero-order valence-corrected chi connectivity index (χ0v) is 13.1. The van der Waals surface area contributed by atoms with E-state index in [1.165, 1.54) is 12.4 Å². The second-order valence-electron chi connectivity index (χ2n) is 5.53. The zero-order chi connectivity index (χ0) is 17.1. The monoisotopic (exact) mass is 326 g/mol. The van der Waals surface area contributed by atoms with Crippen LogP contribution in [0.1, 0.15) is 20.7 Å². The van der Waals surface area contributed by atoms with Crippen molar-refractivity contribution in [3.05, 3.63) is 47.8 Å². The number of pyridine rings is 2. The first-order valence-corrected chi connectivity index (χ1v) is 7.56.